The molecule has 0 saturated carbocycles. The van der Waals surface area contributed by atoms with Crippen LogP contribution < -0.4 is 5.32 Å². The zero-order valence-corrected chi connectivity index (χ0v) is 5.62. The van der Waals surface area contributed by atoms with Crippen molar-refractivity contribution >= 4 is 12.4 Å². The van der Waals surface area contributed by atoms with Crippen molar-refractivity contribution in [2.24, 2.45) is 0 Å². The molecule has 1 aliphatic heterocycles. The minimum Gasteiger partial charge on any atom is -0.379 e. The topological polar surface area (TPSA) is 21.3 Å². The Morgan fingerprint density at radius 1 is 1.88 bits per heavy atom. The fourth-order valence-corrected chi connectivity index (χ4v) is 0.544. The molecule has 0 amide bonds. The molecule has 1 fully saturated rings. The van der Waals surface area contributed by atoms with E-state index >= 15 is 0 Å². The first-order chi connectivity index (χ1) is 4.10. The minimum absolute atomic E-state index is 0. The van der Waals surface area contributed by atoms with Crippen LogP contribution in [0.3, 0.4) is 0 Å². The van der Waals surface area contributed by atoms with Gasteiger partial charge in [-0.2, -0.15) is 0 Å². The predicted octanol–water partition coefficient (Wildman–Crippen LogP) is 0.416. The first kappa shape index (κ1) is 5.03. The molecule has 0 aromatic heterocycles. The largest absolute Gasteiger partial charge is 0.379 e. The highest BCUT2D eigenvalue weighted by Gasteiger charge is 2.04. The molecule has 1 saturated heterocycles. The van der Waals surface area contributed by atoms with Crippen molar-refractivity contribution in [3.8, 4) is 0 Å². The van der Waals surface area contributed by atoms with Crippen LogP contribution in [-0.4, -0.2) is 25.8 Å². The standard InChI is InChI=1S/C5H11NO.ClH/c1-5-4-7-3-2-6-5;/h5-6H,2-4H2,1H3;1H/t5-;/m0./s1/i2D2;. The normalized spacial score (nSPS) is 38.9. The summed E-state index contributed by atoms with van der Waals surface area (Å²) in [7, 11) is 0. The van der Waals surface area contributed by atoms with Crippen molar-refractivity contribution in [3.05, 3.63) is 0 Å². The molecule has 0 aliphatic carbocycles. The number of ether oxygens (including phenoxy) is 1. The fourth-order valence-electron chi connectivity index (χ4n) is 0.544. The van der Waals surface area contributed by atoms with Gasteiger partial charge in [0.15, 0.2) is 0 Å². The molecule has 2 nitrogen and oxygen atoms in total. The molecule has 0 aromatic carbocycles. The molecule has 0 spiro atoms. The van der Waals surface area contributed by atoms with Gasteiger partial charge in [-0.05, 0) is 6.92 Å². The van der Waals surface area contributed by atoms with Crippen molar-refractivity contribution in [1.82, 2.24) is 5.32 Å². The van der Waals surface area contributed by atoms with Crippen LogP contribution in [0.25, 0.3) is 0 Å². The Kier molecular flexibility index (Phi) is 2.59. The Balaban J connectivity index is 0.000000810. The number of hydrogen-bond donors (Lipinski definition) is 1. The number of nitrogens with one attached hydrogen (secondary N) is 1. The molecule has 0 aromatic rings. The molecular weight excluding hydrogens is 126 g/mol. The molecule has 3 heteroatoms. The Hall–Kier alpha value is 0.210. The van der Waals surface area contributed by atoms with E-state index in [0.29, 0.717) is 6.61 Å². The van der Waals surface area contributed by atoms with E-state index in [2.05, 4.69) is 5.32 Å². The van der Waals surface area contributed by atoms with Crippen LogP contribution in [0.2, 0.25) is 0 Å². The highest BCUT2D eigenvalue weighted by Crippen LogP contribution is 1.88. The van der Waals surface area contributed by atoms with Gasteiger partial charge < -0.3 is 10.1 Å². The average Bonchev–Trinajstić information content (AvgIpc) is 1.60. The van der Waals surface area contributed by atoms with E-state index in [-0.39, 0.29) is 25.1 Å². The predicted molar refractivity (Wildman–Crippen MR) is 35.5 cm³/mol. The molecule has 1 atom stereocenters. The second-order valence-corrected chi connectivity index (χ2v) is 1.74. The summed E-state index contributed by atoms with van der Waals surface area (Å²) >= 11 is 0. The third-order valence-corrected chi connectivity index (χ3v) is 0.891. The van der Waals surface area contributed by atoms with E-state index in [4.69, 9.17) is 7.48 Å². The van der Waals surface area contributed by atoms with E-state index in [9.17, 15) is 0 Å². The van der Waals surface area contributed by atoms with Gasteiger partial charge in [0, 0.05) is 15.3 Å². The molecular formula is C5H12ClNO. The van der Waals surface area contributed by atoms with Gasteiger partial charge >= 0.3 is 0 Å². The number of hydrogen-bond acceptors (Lipinski definition) is 2. The lowest BCUT2D eigenvalue weighted by atomic mass is 10.3. The number of halogens is 1. The Labute approximate surface area is 58.8 Å². The molecule has 0 unspecified atom stereocenters. The van der Waals surface area contributed by atoms with Gasteiger partial charge in [-0.25, -0.2) is 0 Å². The number of rotatable bonds is 0. The lowest BCUT2D eigenvalue weighted by molar-refractivity contribution is 0.0824. The quantitative estimate of drug-likeness (QED) is 0.525. The molecule has 8 heavy (non-hydrogen) atoms. The van der Waals surface area contributed by atoms with E-state index in [1.54, 1.807) is 0 Å². The third-order valence-electron chi connectivity index (χ3n) is 0.891. The molecule has 0 radical (unpaired) electrons. The van der Waals surface area contributed by atoms with Crippen LogP contribution in [0.1, 0.15) is 9.67 Å². The van der Waals surface area contributed by atoms with Gasteiger partial charge in [-0.15, -0.1) is 12.4 Å². The zero-order valence-electron chi connectivity index (χ0n) is 6.81. The fraction of sp³-hybridized carbons (Fsp3) is 1.00. The van der Waals surface area contributed by atoms with Crippen molar-refractivity contribution in [2.75, 3.05) is 19.7 Å². The lowest BCUT2D eigenvalue weighted by Gasteiger charge is -2.19. The van der Waals surface area contributed by atoms with Crippen LogP contribution in [0, 0.1) is 0 Å². The van der Waals surface area contributed by atoms with E-state index in [1.165, 1.54) is 0 Å². The summed E-state index contributed by atoms with van der Waals surface area (Å²) in [6, 6.07) is 0.133. The summed E-state index contributed by atoms with van der Waals surface area (Å²) in [6.07, 6.45) is 0. The Morgan fingerprint density at radius 2 is 2.62 bits per heavy atom. The van der Waals surface area contributed by atoms with Gasteiger partial charge in [0.25, 0.3) is 0 Å². The van der Waals surface area contributed by atoms with Crippen LogP contribution >= 0.6 is 12.4 Å². The van der Waals surface area contributed by atoms with Crippen molar-refractivity contribution in [3.63, 3.8) is 0 Å². The molecule has 1 aliphatic rings. The third kappa shape index (κ3) is 2.50. The molecule has 1 heterocycles. The monoisotopic (exact) mass is 139 g/mol. The molecule has 1 N–H and O–H groups in total. The van der Waals surface area contributed by atoms with Gasteiger partial charge in [0.05, 0.1) is 13.2 Å². The zero-order chi connectivity index (χ0) is 6.91. The summed E-state index contributed by atoms with van der Waals surface area (Å²) < 4.78 is 19.3. The first-order valence-corrected chi connectivity index (χ1v) is 2.46. The van der Waals surface area contributed by atoms with Gasteiger partial charge in [-0.1, -0.05) is 0 Å². The van der Waals surface area contributed by atoms with Crippen LogP contribution in [0.4, 0.5) is 0 Å². The highest BCUT2D eigenvalue weighted by molar-refractivity contribution is 5.85. The average molecular weight is 140 g/mol. The van der Waals surface area contributed by atoms with Crippen molar-refractivity contribution < 1.29 is 7.48 Å². The summed E-state index contributed by atoms with van der Waals surface area (Å²) in [5.74, 6) is 0. The lowest BCUT2D eigenvalue weighted by Crippen LogP contribution is -2.38. The highest BCUT2D eigenvalue weighted by atomic mass is 35.5. The smallest absolute Gasteiger partial charge is 0.0617 e. The van der Waals surface area contributed by atoms with Crippen molar-refractivity contribution in [1.29, 1.82) is 0 Å². The maximum Gasteiger partial charge on any atom is 0.0617 e. The molecule has 50 valence electrons. The Bertz CT molecular complexity index is 112. The second-order valence-electron chi connectivity index (χ2n) is 1.74. The SMILES string of the molecule is Cl.[2H]C1([2H])COC[C@H](C)N1. The Morgan fingerprint density at radius 3 is 3.00 bits per heavy atom. The first-order valence-electron chi connectivity index (χ1n) is 3.46. The van der Waals surface area contributed by atoms with Gasteiger partial charge in [0.1, 0.15) is 0 Å². The van der Waals surface area contributed by atoms with Crippen LogP contribution in [-0.2, 0) is 4.74 Å². The van der Waals surface area contributed by atoms with Crippen molar-refractivity contribution in [2.45, 2.75) is 13.0 Å². The molecule has 0 bridgehead atoms. The summed E-state index contributed by atoms with van der Waals surface area (Å²) in [4.78, 5) is 0. The summed E-state index contributed by atoms with van der Waals surface area (Å²) in [5.41, 5.74) is 0. The molecule has 1 rings (SSSR count). The summed E-state index contributed by atoms with van der Waals surface area (Å²) in [6.45, 7) is 1.35. The number of morpholine rings is 1. The van der Waals surface area contributed by atoms with Gasteiger partial charge in [-0.3, -0.25) is 0 Å². The van der Waals surface area contributed by atoms with E-state index in [1.807, 2.05) is 6.92 Å². The van der Waals surface area contributed by atoms with Crippen LogP contribution in [0.5, 0.6) is 0 Å². The van der Waals surface area contributed by atoms with E-state index < -0.39 is 6.50 Å². The summed E-state index contributed by atoms with van der Waals surface area (Å²) in [5, 5.41) is 2.76. The maximum absolute atomic E-state index is 7.19. The van der Waals surface area contributed by atoms with E-state index in [0.717, 1.165) is 0 Å². The second kappa shape index (κ2) is 4.13. The maximum atomic E-state index is 7.19. The van der Waals surface area contributed by atoms with Crippen LogP contribution in [0.15, 0.2) is 0 Å². The minimum atomic E-state index is -1.32. The van der Waals surface area contributed by atoms with Gasteiger partial charge in [0.2, 0.25) is 0 Å².